The molecule has 7 nitrogen and oxygen atoms in total. The predicted molar refractivity (Wildman–Crippen MR) is 92.7 cm³/mol. The van der Waals surface area contributed by atoms with E-state index in [2.05, 4.69) is 5.32 Å². The van der Waals surface area contributed by atoms with Crippen molar-refractivity contribution in [2.75, 3.05) is 40.3 Å². The van der Waals surface area contributed by atoms with Crippen LogP contribution in [0.1, 0.15) is 12.8 Å². The summed E-state index contributed by atoms with van der Waals surface area (Å²) in [5, 5.41) is 2.89. The second-order valence-corrected chi connectivity index (χ2v) is 6.66. The number of para-hydroxylation sites is 2. The largest absolute Gasteiger partial charge is 0.486 e. The standard InChI is InChI=1S/C18H25N3O4/c1-20(2)18(23)14-6-5-9-21(14)11-17(22)19-10-13-12-24-15-7-3-4-8-16(15)25-13/h3-4,7-8,13-14H,5-6,9-12H2,1-2H3,(H,19,22)/t13-,14-/m1/s1. The maximum absolute atomic E-state index is 12.3. The first-order valence-electron chi connectivity index (χ1n) is 8.65. The third-order valence-corrected chi connectivity index (χ3v) is 4.53. The molecule has 0 unspecified atom stereocenters. The Hall–Kier alpha value is -2.28. The number of carbonyl (C=O) groups is 2. The molecule has 1 aromatic rings. The molecule has 25 heavy (non-hydrogen) atoms. The summed E-state index contributed by atoms with van der Waals surface area (Å²) in [5.74, 6) is 1.39. The van der Waals surface area contributed by atoms with Gasteiger partial charge in [0, 0.05) is 14.1 Å². The quantitative estimate of drug-likeness (QED) is 0.840. The summed E-state index contributed by atoms with van der Waals surface area (Å²) < 4.78 is 11.5. The molecule has 136 valence electrons. The van der Waals surface area contributed by atoms with Crippen LogP contribution in [0.15, 0.2) is 24.3 Å². The molecule has 0 aromatic heterocycles. The Labute approximate surface area is 147 Å². The lowest BCUT2D eigenvalue weighted by Gasteiger charge is -2.28. The van der Waals surface area contributed by atoms with Crippen LogP contribution in [0.2, 0.25) is 0 Å². The predicted octanol–water partition coefficient (Wildman–Crippen LogP) is 0.495. The van der Waals surface area contributed by atoms with Gasteiger partial charge >= 0.3 is 0 Å². The smallest absolute Gasteiger partial charge is 0.239 e. The number of nitrogens with one attached hydrogen (secondary N) is 1. The first kappa shape index (κ1) is 17.5. The van der Waals surface area contributed by atoms with Crippen molar-refractivity contribution < 1.29 is 19.1 Å². The van der Waals surface area contributed by atoms with Crippen LogP contribution in [0, 0.1) is 0 Å². The minimum atomic E-state index is -0.211. The molecule has 1 N–H and O–H groups in total. The molecule has 1 saturated heterocycles. The minimum Gasteiger partial charge on any atom is -0.486 e. The second-order valence-electron chi connectivity index (χ2n) is 6.66. The zero-order chi connectivity index (χ0) is 17.8. The van der Waals surface area contributed by atoms with Gasteiger partial charge in [0.1, 0.15) is 12.7 Å². The number of carbonyl (C=O) groups excluding carboxylic acids is 2. The summed E-state index contributed by atoms with van der Waals surface area (Å²) in [6.07, 6.45) is 1.53. The van der Waals surface area contributed by atoms with Crippen molar-refractivity contribution in [2.24, 2.45) is 0 Å². The van der Waals surface area contributed by atoms with Crippen LogP contribution in [0.4, 0.5) is 0 Å². The van der Waals surface area contributed by atoms with Crippen LogP contribution >= 0.6 is 0 Å². The van der Waals surface area contributed by atoms with E-state index in [4.69, 9.17) is 9.47 Å². The van der Waals surface area contributed by atoms with Gasteiger partial charge in [-0.05, 0) is 31.5 Å². The molecule has 7 heteroatoms. The van der Waals surface area contributed by atoms with E-state index in [9.17, 15) is 9.59 Å². The number of hydrogen-bond acceptors (Lipinski definition) is 5. The van der Waals surface area contributed by atoms with Gasteiger partial charge < -0.3 is 19.7 Å². The van der Waals surface area contributed by atoms with E-state index >= 15 is 0 Å². The van der Waals surface area contributed by atoms with Crippen molar-refractivity contribution in [3.05, 3.63) is 24.3 Å². The third kappa shape index (κ3) is 4.22. The summed E-state index contributed by atoms with van der Waals surface area (Å²) in [4.78, 5) is 28.0. The van der Waals surface area contributed by atoms with Gasteiger partial charge in [-0.25, -0.2) is 0 Å². The Bertz CT molecular complexity index is 635. The lowest BCUT2D eigenvalue weighted by molar-refractivity contribution is -0.134. The maximum Gasteiger partial charge on any atom is 0.239 e. The monoisotopic (exact) mass is 347 g/mol. The zero-order valence-corrected chi connectivity index (χ0v) is 14.7. The zero-order valence-electron chi connectivity index (χ0n) is 14.7. The number of nitrogens with zero attached hydrogens (tertiary/aromatic N) is 2. The summed E-state index contributed by atoms with van der Waals surface area (Å²) in [5.41, 5.74) is 0. The fourth-order valence-electron chi connectivity index (χ4n) is 3.22. The highest BCUT2D eigenvalue weighted by molar-refractivity contribution is 5.83. The Morgan fingerprint density at radius 3 is 2.80 bits per heavy atom. The van der Waals surface area contributed by atoms with E-state index in [0.717, 1.165) is 25.1 Å². The molecule has 3 rings (SSSR count). The fourth-order valence-corrected chi connectivity index (χ4v) is 3.22. The van der Waals surface area contributed by atoms with Gasteiger partial charge in [-0.1, -0.05) is 12.1 Å². The van der Waals surface area contributed by atoms with Gasteiger partial charge in [0.25, 0.3) is 0 Å². The normalized spacial score (nSPS) is 22.5. The van der Waals surface area contributed by atoms with Crippen LogP contribution in [-0.4, -0.2) is 74.1 Å². The number of likely N-dealkylation sites (N-methyl/N-ethyl adjacent to an activating group) is 1. The molecule has 0 spiro atoms. The first-order valence-corrected chi connectivity index (χ1v) is 8.65. The molecule has 2 aliphatic rings. The van der Waals surface area contributed by atoms with Crippen LogP contribution in [0.3, 0.4) is 0 Å². The van der Waals surface area contributed by atoms with Gasteiger partial charge in [-0.3, -0.25) is 14.5 Å². The van der Waals surface area contributed by atoms with E-state index in [0.29, 0.717) is 18.9 Å². The molecular weight excluding hydrogens is 322 g/mol. The molecule has 2 aliphatic heterocycles. The summed E-state index contributed by atoms with van der Waals surface area (Å²) in [6, 6.07) is 7.30. The first-order chi connectivity index (χ1) is 12.0. The molecule has 0 bridgehead atoms. The Morgan fingerprint density at radius 2 is 2.04 bits per heavy atom. The highest BCUT2D eigenvalue weighted by Crippen LogP contribution is 2.30. The molecule has 1 aromatic carbocycles. The Balaban J connectivity index is 1.46. The Kier molecular flexibility index (Phi) is 5.43. The number of fused-ring (bicyclic) bond motifs is 1. The van der Waals surface area contributed by atoms with Crippen molar-refractivity contribution in [1.29, 1.82) is 0 Å². The number of rotatable bonds is 5. The van der Waals surface area contributed by atoms with E-state index < -0.39 is 0 Å². The van der Waals surface area contributed by atoms with Gasteiger partial charge in [0.15, 0.2) is 11.5 Å². The minimum absolute atomic E-state index is 0.0610. The summed E-state index contributed by atoms with van der Waals surface area (Å²) >= 11 is 0. The lowest BCUT2D eigenvalue weighted by Crippen LogP contribution is -2.48. The highest BCUT2D eigenvalue weighted by atomic mass is 16.6. The highest BCUT2D eigenvalue weighted by Gasteiger charge is 2.32. The third-order valence-electron chi connectivity index (χ3n) is 4.53. The van der Waals surface area contributed by atoms with Gasteiger partial charge in [-0.15, -0.1) is 0 Å². The number of ether oxygens (including phenoxy) is 2. The van der Waals surface area contributed by atoms with Crippen LogP contribution in [-0.2, 0) is 9.59 Å². The number of amides is 2. The fraction of sp³-hybridized carbons (Fsp3) is 0.556. The van der Waals surface area contributed by atoms with E-state index in [1.807, 2.05) is 29.2 Å². The van der Waals surface area contributed by atoms with Gasteiger partial charge in [0.2, 0.25) is 11.8 Å². The van der Waals surface area contributed by atoms with E-state index in [1.54, 1.807) is 19.0 Å². The van der Waals surface area contributed by atoms with Crippen LogP contribution in [0.5, 0.6) is 11.5 Å². The maximum atomic E-state index is 12.3. The number of benzene rings is 1. The van der Waals surface area contributed by atoms with E-state index in [-0.39, 0.29) is 30.5 Å². The topological polar surface area (TPSA) is 71.1 Å². The molecule has 1 fully saturated rings. The SMILES string of the molecule is CN(C)C(=O)[C@H]1CCCN1CC(=O)NC[C@@H]1COc2ccccc2O1. The van der Waals surface area contributed by atoms with Crippen molar-refractivity contribution in [3.8, 4) is 11.5 Å². The van der Waals surface area contributed by atoms with E-state index in [1.165, 1.54) is 0 Å². The molecule has 0 aliphatic carbocycles. The average Bonchev–Trinajstić information content (AvgIpc) is 3.07. The second kappa shape index (κ2) is 7.74. The number of hydrogen-bond donors (Lipinski definition) is 1. The summed E-state index contributed by atoms with van der Waals surface area (Å²) in [6.45, 7) is 1.79. The van der Waals surface area contributed by atoms with Crippen molar-refractivity contribution >= 4 is 11.8 Å². The average molecular weight is 347 g/mol. The molecule has 0 saturated carbocycles. The molecular formula is C18H25N3O4. The molecule has 2 amide bonds. The van der Waals surface area contributed by atoms with Gasteiger partial charge in [0.05, 0.1) is 19.1 Å². The van der Waals surface area contributed by atoms with Crippen LogP contribution in [0.25, 0.3) is 0 Å². The van der Waals surface area contributed by atoms with Crippen molar-refractivity contribution in [2.45, 2.75) is 25.0 Å². The summed E-state index contributed by atoms with van der Waals surface area (Å²) in [7, 11) is 3.49. The molecule has 2 atom stereocenters. The lowest BCUT2D eigenvalue weighted by atomic mass is 10.2. The van der Waals surface area contributed by atoms with Crippen LogP contribution < -0.4 is 14.8 Å². The molecule has 0 radical (unpaired) electrons. The number of likely N-dealkylation sites (tertiary alicyclic amines) is 1. The Morgan fingerprint density at radius 1 is 1.28 bits per heavy atom. The van der Waals surface area contributed by atoms with Crippen molar-refractivity contribution in [1.82, 2.24) is 15.1 Å². The van der Waals surface area contributed by atoms with Gasteiger partial charge in [-0.2, -0.15) is 0 Å². The van der Waals surface area contributed by atoms with Crippen molar-refractivity contribution in [3.63, 3.8) is 0 Å². The molecule has 2 heterocycles.